The maximum Gasteiger partial charge on any atom is 0.338 e. The van der Waals surface area contributed by atoms with Crippen LogP contribution >= 0.6 is 0 Å². The Bertz CT molecular complexity index is 2530. The lowest BCUT2D eigenvalue weighted by Crippen LogP contribution is -2.51. The number of hydrogen-bond acceptors (Lipinski definition) is 10. The van der Waals surface area contributed by atoms with Crippen molar-refractivity contribution in [2.75, 3.05) is 52.9 Å². The molecule has 0 aromatic heterocycles. The van der Waals surface area contributed by atoms with Gasteiger partial charge in [0.1, 0.15) is 38.6 Å². The van der Waals surface area contributed by atoms with Crippen LogP contribution in [0.5, 0.6) is 23.0 Å². The Morgan fingerprint density at radius 2 is 0.860 bits per heavy atom. The molecule has 0 N–H and O–H groups in total. The molecule has 1 heterocycles. The van der Waals surface area contributed by atoms with Crippen molar-refractivity contribution in [3.63, 3.8) is 0 Å². The van der Waals surface area contributed by atoms with Crippen molar-refractivity contribution in [3.8, 4) is 23.0 Å². The summed E-state index contributed by atoms with van der Waals surface area (Å²) in [6.45, 7) is 27.2. The van der Waals surface area contributed by atoms with Crippen LogP contribution in [-0.4, -0.2) is 77.0 Å². The van der Waals surface area contributed by atoms with Gasteiger partial charge in [0, 0.05) is 12.8 Å². The molecule has 0 bridgehead atoms. The van der Waals surface area contributed by atoms with E-state index in [1.807, 2.05) is 0 Å². The summed E-state index contributed by atoms with van der Waals surface area (Å²) in [4.78, 5) is 28.0. The van der Waals surface area contributed by atoms with Crippen LogP contribution < -0.4 is 18.9 Å². The van der Waals surface area contributed by atoms with E-state index in [2.05, 4.69) is 81.4 Å². The molecule has 8 aliphatic carbocycles. The molecule has 1 aliphatic heterocycles. The summed E-state index contributed by atoms with van der Waals surface area (Å²) in [6.07, 6.45) is 31.9. The molecule has 16 atom stereocenters. The van der Waals surface area contributed by atoms with Gasteiger partial charge in [-0.15, -0.1) is 0 Å². The van der Waals surface area contributed by atoms with Gasteiger partial charge in [-0.05, 0) is 219 Å². The molecule has 11 rings (SSSR count). The molecular formula is C76H112O10. The van der Waals surface area contributed by atoms with Gasteiger partial charge < -0.3 is 37.9 Å². The van der Waals surface area contributed by atoms with Crippen LogP contribution in [0.2, 0.25) is 0 Å². The fourth-order valence-electron chi connectivity index (χ4n) is 20.7. The van der Waals surface area contributed by atoms with Crippen LogP contribution in [0, 0.1) is 92.7 Å². The van der Waals surface area contributed by atoms with Crippen LogP contribution in [-0.2, 0) is 18.9 Å². The van der Waals surface area contributed by atoms with E-state index in [-0.39, 0.29) is 74.6 Å². The van der Waals surface area contributed by atoms with Gasteiger partial charge in [0.2, 0.25) is 0 Å². The number of allylic oxidation sites excluding steroid dienone is 2. The number of rotatable bonds is 14. The average Bonchev–Trinajstić information content (AvgIpc) is 1.40. The summed E-state index contributed by atoms with van der Waals surface area (Å²) in [5.41, 5.74) is 5.21. The Morgan fingerprint density at radius 3 is 1.26 bits per heavy atom. The van der Waals surface area contributed by atoms with Crippen molar-refractivity contribution in [1.29, 1.82) is 0 Å². The Balaban J connectivity index is 0.652. The summed E-state index contributed by atoms with van der Waals surface area (Å²) in [5, 5.41) is 0. The van der Waals surface area contributed by atoms with Gasteiger partial charge in [0.15, 0.2) is 23.0 Å². The van der Waals surface area contributed by atoms with Crippen molar-refractivity contribution in [1.82, 2.24) is 0 Å². The second kappa shape index (κ2) is 27.2. The van der Waals surface area contributed by atoms with Crippen molar-refractivity contribution < 1.29 is 47.5 Å². The number of benzene rings is 2. The molecule has 9 aliphatic rings. The van der Waals surface area contributed by atoms with Gasteiger partial charge in [-0.2, -0.15) is 0 Å². The highest BCUT2D eigenvalue weighted by Gasteiger charge is 2.61. The molecule has 2 aromatic rings. The predicted octanol–water partition coefficient (Wildman–Crippen LogP) is 18.1. The highest BCUT2D eigenvalue weighted by Crippen LogP contribution is 2.69. The van der Waals surface area contributed by atoms with Gasteiger partial charge in [0.05, 0.1) is 37.6 Å². The van der Waals surface area contributed by atoms with Crippen LogP contribution in [0.3, 0.4) is 0 Å². The molecule has 0 spiro atoms. The quantitative estimate of drug-likeness (QED) is 0.134. The maximum atomic E-state index is 14.0. The van der Waals surface area contributed by atoms with Crippen LogP contribution in [0.15, 0.2) is 59.7 Å². The van der Waals surface area contributed by atoms with E-state index >= 15 is 0 Å². The number of esters is 2. The molecule has 0 saturated heterocycles. The molecule has 0 amide bonds. The number of carbonyl (C=O) groups is 2. The zero-order valence-electron chi connectivity index (χ0n) is 55.0. The third-order valence-electron chi connectivity index (χ3n) is 25.4. The predicted molar refractivity (Wildman–Crippen MR) is 341 cm³/mol. The minimum Gasteiger partial charge on any atom is -0.487 e. The Hall–Kier alpha value is -4.02. The van der Waals surface area contributed by atoms with Crippen molar-refractivity contribution in [3.05, 3.63) is 70.8 Å². The monoisotopic (exact) mass is 1180 g/mol. The number of carbonyl (C=O) groups excluding carboxylic acids is 2. The van der Waals surface area contributed by atoms with E-state index in [0.717, 1.165) is 97.7 Å². The third kappa shape index (κ3) is 13.3. The lowest BCUT2D eigenvalue weighted by Gasteiger charge is -2.58. The molecule has 6 saturated carbocycles. The van der Waals surface area contributed by atoms with E-state index in [9.17, 15) is 9.59 Å². The van der Waals surface area contributed by atoms with Gasteiger partial charge in [-0.25, -0.2) is 9.59 Å². The second-order valence-electron chi connectivity index (χ2n) is 31.1. The minimum absolute atomic E-state index is 0.153. The minimum atomic E-state index is -0.335. The van der Waals surface area contributed by atoms with Crippen molar-refractivity contribution in [2.45, 2.75) is 223 Å². The molecule has 16 unspecified atom stereocenters. The Kier molecular flexibility index (Phi) is 20.1. The highest BCUT2D eigenvalue weighted by molar-refractivity contribution is 5.91. The van der Waals surface area contributed by atoms with Gasteiger partial charge in [-0.3, -0.25) is 0 Å². The highest BCUT2D eigenvalue weighted by atomic mass is 16.6. The smallest absolute Gasteiger partial charge is 0.338 e. The van der Waals surface area contributed by atoms with Gasteiger partial charge >= 0.3 is 11.9 Å². The molecule has 476 valence electrons. The van der Waals surface area contributed by atoms with Crippen LogP contribution in [0.1, 0.15) is 231 Å². The van der Waals surface area contributed by atoms with Gasteiger partial charge in [0.25, 0.3) is 0 Å². The first-order chi connectivity index (χ1) is 41.4. The molecule has 86 heavy (non-hydrogen) atoms. The molecule has 6 fully saturated rings. The van der Waals surface area contributed by atoms with Crippen molar-refractivity contribution >= 4 is 11.9 Å². The first-order valence-electron chi connectivity index (χ1n) is 35.1. The van der Waals surface area contributed by atoms with E-state index in [0.29, 0.717) is 70.0 Å². The van der Waals surface area contributed by atoms with Crippen molar-refractivity contribution in [2.24, 2.45) is 92.7 Å². The third-order valence-corrected chi connectivity index (χ3v) is 25.4. The zero-order chi connectivity index (χ0) is 60.4. The lowest BCUT2D eigenvalue weighted by molar-refractivity contribution is -0.0594. The fourth-order valence-corrected chi connectivity index (χ4v) is 20.7. The first kappa shape index (κ1) is 63.5. The Labute approximate surface area is 519 Å². The Morgan fingerprint density at radius 1 is 0.465 bits per heavy atom. The average molecular weight is 1190 g/mol. The van der Waals surface area contributed by atoms with Crippen LogP contribution in [0.25, 0.3) is 0 Å². The molecule has 10 heteroatoms. The maximum absolute atomic E-state index is 14.0. The largest absolute Gasteiger partial charge is 0.487 e. The number of hydrogen-bond donors (Lipinski definition) is 0. The lowest BCUT2D eigenvalue weighted by atomic mass is 9.47. The topological polar surface area (TPSA) is 108 Å². The summed E-state index contributed by atoms with van der Waals surface area (Å²) in [6, 6.07) is 10.6. The summed E-state index contributed by atoms with van der Waals surface area (Å²) in [5.74, 6) is 10.8. The number of fused-ring (bicyclic) bond motifs is 12. The summed E-state index contributed by atoms with van der Waals surface area (Å²) < 4.78 is 49.6. The summed E-state index contributed by atoms with van der Waals surface area (Å²) in [7, 11) is 0. The van der Waals surface area contributed by atoms with E-state index in [4.69, 9.17) is 37.9 Å². The first-order valence-corrected chi connectivity index (χ1v) is 35.1. The molecule has 0 radical (unpaired) electrons. The van der Waals surface area contributed by atoms with E-state index < -0.39 is 0 Å². The molecule has 2 aromatic carbocycles. The molecule has 10 nitrogen and oxygen atoms in total. The zero-order valence-corrected chi connectivity index (χ0v) is 55.0. The van der Waals surface area contributed by atoms with Gasteiger partial charge in [-0.1, -0.05) is 131 Å². The number of ether oxygens (including phenoxy) is 8. The fraction of sp³-hybridized carbons (Fsp3) is 0.763. The van der Waals surface area contributed by atoms with Crippen LogP contribution in [0.4, 0.5) is 0 Å². The molecular weight excluding hydrogens is 1070 g/mol. The summed E-state index contributed by atoms with van der Waals surface area (Å²) >= 11 is 0. The standard InChI is InChI=1S/C76H112O10/c1-49(2)13-11-15-51(5)61-23-25-63-59-21-19-55-47-57(29-33-73(55,7)65(59)31-35-75(61,63)9)85-71(77)53-17-27-67-69(45-53)83-43-39-80-40-44-84-70-46-54(18-28-68(70)82-42-38-79-37-41-81-67)72(78)86-58-30-34-74(8)56(48-58)20-22-60-64-26-24-62(52(6)16-12-14-50(3)4)76(64,10)36-32-66(60)74/h17-20,27-28,45-46,49-52,57-66H,11-16,21-26,29-44,47-48H2,1-10H3. The normalized spacial score (nSPS) is 36.2. The SMILES string of the molecule is CC(C)CCCC(C)C1CCC2C3CC=C4CC(OC(=O)c5ccc6c(c5)OCCOCCOc5cc(C(=O)OC7CCC8(C)C(=CCC9C8CCC8(C)C(C(C)CCCC(C)C)CCC98)C7)ccc5OCCOCCO6)CCC4(C)C3CCC12C. The van der Waals surface area contributed by atoms with E-state index in [1.165, 1.54) is 114 Å². The second-order valence-corrected chi connectivity index (χ2v) is 31.1. The van der Waals surface area contributed by atoms with E-state index in [1.54, 1.807) is 36.4 Å².